The molecule has 0 spiro atoms. The van der Waals surface area contributed by atoms with Crippen LogP contribution in [-0.4, -0.2) is 22.2 Å². The Bertz CT molecular complexity index is 553. The molecular formula is C14H16BrClN2O3. The topological polar surface area (TPSA) is 72.2 Å². The highest BCUT2D eigenvalue weighted by atomic mass is 79.9. The van der Waals surface area contributed by atoms with Crippen molar-refractivity contribution in [2.45, 2.75) is 31.7 Å². The molecule has 2 rings (SSSR count). The first-order chi connectivity index (χ1) is 10.0. The number of hydrogen-bond acceptors (Lipinski definition) is 3. The second-order valence-electron chi connectivity index (χ2n) is 5.20. The largest absolute Gasteiger partial charge is 0.349 e. The van der Waals surface area contributed by atoms with Crippen LogP contribution in [0.1, 0.15) is 36.0 Å². The van der Waals surface area contributed by atoms with Gasteiger partial charge in [-0.1, -0.05) is 40.4 Å². The number of carbonyl (C=O) groups excluding carboxylic acids is 1. The molecular weight excluding hydrogens is 360 g/mol. The van der Waals surface area contributed by atoms with Crippen molar-refractivity contribution in [3.8, 4) is 0 Å². The van der Waals surface area contributed by atoms with Crippen LogP contribution >= 0.6 is 27.5 Å². The van der Waals surface area contributed by atoms with E-state index < -0.39 is 10.8 Å². The Morgan fingerprint density at radius 2 is 2.14 bits per heavy atom. The van der Waals surface area contributed by atoms with Gasteiger partial charge in [-0.05, 0) is 30.9 Å². The number of nitrogens with zero attached hydrogens (tertiary/aromatic N) is 1. The minimum Gasteiger partial charge on any atom is -0.349 e. The van der Waals surface area contributed by atoms with Crippen LogP contribution in [0.4, 0.5) is 5.69 Å². The molecule has 1 saturated carbocycles. The van der Waals surface area contributed by atoms with Gasteiger partial charge in [0.2, 0.25) is 0 Å². The summed E-state index contributed by atoms with van der Waals surface area (Å²) in [7, 11) is 0. The number of benzene rings is 1. The van der Waals surface area contributed by atoms with Gasteiger partial charge in [0.1, 0.15) is 5.56 Å². The van der Waals surface area contributed by atoms with Crippen molar-refractivity contribution in [3.05, 3.63) is 38.9 Å². The SMILES string of the molecule is O=C(NC1CCCCC1CBr)c1ccc(Cl)cc1[N+](=O)[O-]. The first-order valence-electron chi connectivity index (χ1n) is 6.83. The molecule has 21 heavy (non-hydrogen) atoms. The van der Waals surface area contributed by atoms with Gasteiger partial charge in [-0.3, -0.25) is 14.9 Å². The number of hydrogen-bond donors (Lipinski definition) is 1. The summed E-state index contributed by atoms with van der Waals surface area (Å²) in [6.07, 6.45) is 4.18. The minimum atomic E-state index is -0.580. The average Bonchev–Trinajstić information content (AvgIpc) is 2.47. The number of nitro groups is 1. The zero-order chi connectivity index (χ0) is 15.4. The van der Waals surface area contributed by atoms with Crippen molar-refractivity contribution in [1.29, 1.82) is 0 Å². The summed E-state index contributed by atoms with van der Waals surface area (Å²) in [6, 6.07) is 4.16. The van der Waals surface area contributed by atoms with Gasteiger partial charge >= 0.3 is 0 Å². The molecule has 0 bridgehead atoms. The molecule has 0 saturated heterocycles. The summed E-state index contributed by atoms with van der Waals surface area (Å²) in [5, 5.41) is 15.0. The van der Waals surface area contributed by atoms with Crippen LogP contribution in [0, 0.1) is 16.0 Å². The van der Waals surface area contributed by atoms with Crippen LogP contribution in [0.25, 0.3) is 0 Å². The van der Waals surface area contributed by atoms with Crippen molar-refractivity contribution in [2.24, 2.45) is 5.92 Å². The Balaban J connectivity index is 2.18. The van der Waals surface area contributed by atoms with Crippen LogP contribution in [0.3, 0.4) is 0 Å². The second kappa shape index (κ2) is 7.22. The van der Waals surface area contributed by atoms with Gasteiger partial charge in [0.25, 0.3) is 11.6 Å². The highest BCUT2D eigenvalue weighted by Crippen LogP contribution is 2.28. The number of carbonyl (C=O) groups is 1. The average molecular weight is 376 g/mol. The first kappa shape index (κ1) is 16.2. The molecule has 1 fully saturated rings. The Hall–Kier alpha value is -1.14. The van der Waals surface area contributed by atoms with E-state index in [1.54, 1.807) is 0 Å². The standard InChI is InChI=1S/C14H16BrClN2O3/c15-8-9-3-1-2-4-12(9)17-14(19)11-6-5-10(16)7-13(11)18(20)21/h5-7,9,12H,1-4,8H2,(H,17,19). The van der Waals surface area contributed by atoms with Crippen LogP contribution in [0.15, 0.2) is 18.2 Å². The van der Waals surface area contributed by atoms with Gasteiger partial charge in [0.15, 0.2) is 0 Å². The number of alkyl halides is 1. The molecule has 1 aromatic rings. The molecule has 0 heterocycles. The van der Waals surface area contributed by atoms with E-state index in [4.69, 9.17) is 11.6 Å². The fourth-order valence-electron chi connectivity index (χ4n) is 2.68. The number of nitro benzene ring substituents is 1. The third-order valence-corrected chi connectivity index (χ3v) is 4.89. The minimum absolute atomic E-state index is 0.0564. The third-order valence-electron chi connectivity index (χ3n) is 3.82. The van der Waals surface area contributed by atoms with Crippen molar-refractivity contribution >= 4 is 39.1 Å². The summed E-state index contributed by atoms with van der Waals surface area (Å²) in [5.41, 5.74) is -0.200. The van der Waals surface area contributed by atoms with Crippen molar-refractivity contribution in [3.63, 3.8) is 0 Å². The molecule has 1 amide bonds. The van der Waals surface area contributed by atoms with Crippen LogP contribution in [0.5, 0.6) is 0 Å². The molecule has 1 aliphatic carbocycles. The van der Waals surface area contributed by atoms with Crippen molar-refractivity contribution in [2.75, 3.05) is 5.33 Å². The molecule has 2 atom stereocenters. The van der Waals surface area contributed by atoms with Crippen molar-refractivity contribution < 1.29 is 9.72 Å². The summed E-state index contributed by atoms with van der Waals surface area (Å²) in [6.45, 7) is 0. The lowest BCUT2D eigenvalue weighted by molar-refractivity contribution is -0.385. The van der Waals surface area contributed by atoms with Crippen molar-refractivity contribution in [1.82, 2.24) is 5.32 Å². The van der Waals surface area contributed by atoms with E-state index in [0.29, 0.717) is 5.92 Å². The monoisotopic (exact) mass is 374 g/mol. The summed E-state index contributed by atoms with van der Waals surface area (Å²) < 4.78 is 0. The van der Waals surface area contributed by atoms with Gasteiger partial charge < -0.3 is 5.32 Å². The van der Waals surface area contributed by atoms with Crippen LogP contribution < -0.4 is 5.32 Å². The highest BCUT2D eigenvalue weighted by molar-refractivity contribution is 9.09. The number of amides is 1. The smallest absolute Gasteiger partial charge is 0.283 e. The summed E-state index contributed by atoms with van der Waals surface area (Å²) >= 11 is 9.23. The van der Waals surface area contributed by atoms with Gasteiger partial charge in [-0.2, -0.15) is 0 Å². The molecule has 2 unspecified atom stereocenters. The fourth-order valence-corrected chi connectivity index (χ4v) is 3.62. The van der Waals surface area contributed by atoms with Gasteiger partial charge in [0.05, 0.1) is 4.92 Å². The van der Waals surface area contributed by atoms with Gasteiger partial charge in [0, 0.05) is 22.5 Å². The van der Waals surface area contributed by atoms with E-state index in [0.717, 1.165) is 31.0 Å². The normalized spacial score (nSPS) is 21.8. The first-order valence-corrected chi connectivity index (χ1v) is 8.33. The van der Waals surface area contributed by atoms with Crippen LogP contribution in [0.2, 0.25) is 5.02 Å². The Morgan fingerprint density at radius 1 is 1.43 bits per heavy atom. The van der Waals surface area contributed by atoms with E-state index in [-0.39, 0.29) is 22.3 Å². The zero-order valence-electron chi connectivity index (χ0n) is 11.4. The Labute approximate surface area is 136 Å². The predicted molar refractivity (Wildman–Crippen MR) is 85.1 cm³/mol. The number of rotatable bonds is 4. The third kappa shape index (κ3) is 3.95. The molecule has 0 aromatic heterocycles. The van der Waals surface area contributed by atoms with E-state index in [1.165, 1.54) is 18.2 Å². The quantitative estimate of drug-likeness (QED) is 0.492. The van der Waals surface area contributed by atoms with E-state index in [1.807, 2.05) is 0 Å². The number of halogens is 2. The summed E-state index contributed by atoms with van der Waals surface area (Å²) in [5.74, 6) is -0.0368. The van der Waals surface area contributed by atoms with E-state index >= 15 is 0 Å². The maximum atomic E-state index is 12.3. The number of nitrogens with one attached hydrogen (secondary N) is 1. The molecule has 0 aliphatic heterocycles. The van der Waals surface area contributed by atoms with Crippen LogP contribution in [-0.2, 0) is 0 Å². The zero-order valence-corrected chi connectivity index (χ0v) is 13.7. The molecule has 0 radical (unpaired) electrons. The lowest BCUT2D eigenvalue weighted by atomic mass is 9.85. The lowest BCUT2D eigenvalue weighted by Crippen LogP contribution is -2.42. The van der Waals surface area contributed by atoms with Gasteiger partial charge in [-0.15, -0.1) is 0 Å². The maximum Gasteiger partial charge on any atom is 0.283 e. The lowest BCUT2D eigenvalue weighted by Gasteiger charge is -2.30. The Morgan fingerprint density at radius 3 is 2.81 bits per heavy atom. The molecule has 1 aliphatic rings. The van der Waals surface area contributed by atoms with E-state index in [2.05, 4.69) is 21.2 Å². The molecule has 5 nitrogen and oxygen atoms in total. The maximum absolute atomic E-state index is 12.3. The Kier molecular flexibility index (Phi) is 5.58. The molecule has 1 aromatic carbocycles. The molecule has 114 valence electrons. The second-order valence-corrected chi connectivity index (χ2v) is 6.28. The molecule has 1 N–H and O–H groups in total. The summed E-state index contributed by atoms with van der Waals surface area (Å²) in [4.78, 5) is 22.8. The molecule has 7 heteroatoms. The van der Waals surface area contributed by atoms with Gasteiger partial charge in [-0.25, -0.2) is 0 Å². The fraction of sp³-hybridized carbons (Fsp3) is 0.500. The predicted octanol–water partition coefficient (Wildman–Crippen LogP) is 3.93. The highest BCUT2D eigenvalue weighted by Gasteiger charge is 2.28. The van der Waals surface area contributed by atoms with E-state index in [9.17, 15) is 14.9 Å².